The first kappa shape index (κ1) is 28.3. The van der Waals surface area contributed by atoms with Crippen LogP contribution >= 0.6 is 0 Å². The third kappa shape index (κ3) is 6.71. The van der Waals surface area contributed by atoms with E-state index in [0.29, 0.717) is 29.2 Å². The average molecular weight is 561 g/mol. The van der Waals surface area contributed by atoms with Crippen molar-refractivity contribution in [2.24, 2.45) is 11.8 Å². The van der Waals surface area contributed by atoms with Crippen molar-refractivity contribution in [1.29, 1.82) is 0 Å². The SMILES string of the molecule is CN(C)CCN(C)c1nc(NCC2CCC(CNS(=O)(=O)c3cccc4ccccc34)CC2)nc2ccccc12. The molecule has 1 aromatic heterocycles. The van der Waals surface area contributed by atoms with Gasteiger partial charge in [-0.1, -0.05) is 48.5 Å². The second kappa shape index (κ2) is 12.5. The van der Waals surface area contributed by atoms with E-state index in [9.17, 15) is 8.42 Å². The molecular weight excluding hydrogens is 520 g/mol. The van der Waals surface area contributed by atoms with E-state index in [1.807, 2.05) is 48.5 Å². The molecule has 0 spiro atoms. The van der Waals surface area contributed by atoms with Gasteiger partial charge in [-0.15, -0.1) is 0 Å². The highest BCUT2D eigenvalue weighted by Gasteiger charge is 2.24. The lowest BCUT2D eigenvalue weighted by Crippen LogP contribution is -2.32. The third-order valence-corrected chi connectivity index (χ3v) is 9.43. The summed E-state index contributed by atoms with van der Waals surface area (Å²) in [5.74, 6) is 2.46. The minimum atomic E-state index is -3.57. The molecule has 0 bridgehead atoms. The number of nitrogens with zero attached hydrogens (tertiary/aromatic N) is 4. The molecule has 9 heteroatoms. The number of para-hydroxylation sites is 1. The van der Waals surface area contributed by atoms with Crippen LogP contribution in [0.15, 0.2) is 71.6 Å². The van der Waals surface area contributed by atoms with Crippen molar-refractivity contribution >= 4 is 43.5 Å². The Balaban J connectivity index is 1.16. The number of anilines is 2. The fourth-order valence-corrected chi connectivity index (χ4v) is 6.84. The van der Waals surface area contributed by atoms with E-state index < -0.39 is 10.0 Å². The van der Waals surface area contributed by atoms with Crippen molar-refractivity contribution < 1.29 is 8.42 Å². The summed E-state index contributed by atoms with van der Waals surface area (Å²) < 4.78 is 29.1. The quantitative estimate of drug-likeness (QED) is 0.267. The lowest BCUT2D eigenvalue weighted by Gasteiger charge is -2.29. The summed E-state index contributed by atoms with van der Waals surface area (Å²) in [6.07, 6.45) is 4.11. The number of hydrogen-bond acceptors (Lipinski definition) is 7. The normalized spacial score (nSPS) is 17.9. The molecule has 1 saturated carbocycles. The Morgan fingerprint density at radius 3 is 2.17 bits per heavy atom. The molecule has 3 aromatic carbocycles. The van der Waals surface area contributed by atoms with Gasteiger partial charge in [0.15, 0.2) is 0 Å². The number of sulfonamides is 1. The Labute approximate surface area is 237 Å². The van der Waals surface area contributed by atoms with Crippen LogP contribution in [0.25, 0.3) is 21.7 Å². The van der Waals surface area contributed by atoms with E-state index in [2.05, 4.69) is 47.0 Å². The molecule has 0 radical (unpaired) electrons. The van der Waals surface area contributed by atoms with Crippen LogP contribution in [0.5, 0.6) is 0 Å². The molecule has 2 N–H and O–H groups in total. The van der Waals surface area contributed by atoms with Crippen LogP contribution in [0, 0.1) is 11.8 Å². The maximum Gasteiger partial charge on any atom is 0.241 e. The standard InChI is InChI=1S/C31H40N6O2S/c1-36(2)19-20-37(3)30-27-12-6-7-13-28(27)34-31(35-30)32-21-23-15-17-24(18-16-23)22-33-40(38,39)29-14-8-10-25-9-4-5-11-26(25)29/h4-14,23-24,33H,15-22H2,1-3H3,(H,32,34,35). The van der Waals surface area contributed by atoms with Crippen LogP contribution in [0.2, 0.25) is 0 Å². The van der Waals surface area contributed by atoms with Crippen molar-refractivity contribution in [2.75, 3.05) is 57.5 Å². The van der Waals surface area contributed by atoms with Gasteiger partial charge in [0.1, 0.15) is 5.82 Å². The average Bonchev–Trinajstić information content (AvgIpc) is 2.97. The van der Waals surface area contributed by atoms with Crippen LogP contribution in [0.3, 0.4) is 0 Å². The van der Waals surface area contributed by atoms with Crippen LogP contribution in [0.1, 0.15) is 25.7 Å². The molecule has 212 valence electrons. The lowest BCUT2D eigenvalue weighted by atomic mass is 9.82. The summed E-state index contributed by atoms with van der Waals surface area (Å²) in [5, 5.41) is 6.25. The molecular formula is C31H40N6O2S. The van der Waals surface area contributed by atoms with Crippen LogP contribution in [-0.4, -0.2) is 70.6 Å². The zero-order valence-electron chi connectivity index (χ0n) is 23.7. The maximum atomic E-state index is 13.1. The van der Waals surface area contributed by atoms with Gasteiger partial charge in [-0.3, -0.25) is 0 Å². The molecule has 0 unspecified atom stereocenters. The highest BCUT2D eigenvalue weighted by Crippen LogP contribution is 2.30. The topological polar surface area (TPSA) is 90.5 Å². The number of rotatable bonds is 11. The summed E-state index contributed by atoms with van der Waals surface area (Å²) in [4.78, 5) is 14.4. The molecule has 1 heterocycles. The number of fused-ring (bicyclic) bond motifs is 2. The summed E-state index contributed by atoms with van der Waals surface area (Å²) in [5.41, 5.74) is 0.939. The largest absolute Gasteiger partial charge is 0.358 e. The smallest absolute Gasteiger partial charge is 0.241 e. The zero-order valence-corrected chi connectivity index (χ0v) is 24.5. The van der Waals surface area contributed by atoms with E-state index >= 15 is 0 Å². The fraction of sp³-hybridized carbons (Fsp3) is 0.419. The second-order valence-electron chi connectivity index (χ2n) is 11.2. The Kier molecular flexibility index (Phi) is 8.83. The second-order valence-corrected chi connectivity index (χ2v) is 12.9. The monoisotopic (exact) mass is 560 g/mol. The van der Waals surface area contributed by atoms with Gasteiger partial charge in [0.25, 0.3) is 0 Å². The van der Waals surface area contributed by atoms with Crippen LogP contribution in [0.4, 0.5) is 11.8 Å². The van der Waals surface area contributed by atoms with Crippen LogP contribution in [-0.2, 0) is 10.0 Å². The summed E-state index contributed by atoms with van der Waals surface area (Å²) in [7, 11) is 2.67. The first-order chi connectivity index (χ1) is 19.3. The van der Waals surface area contributed by atoms with E-state index in [1.165, 1.54) is 0 Å². The predicted molar refractivity (Wildman–Crippen MR) is 164 cm³/mol. The molecule has 0 aliphatic heterocycles. The van der Waals surface area contributed by atoms with Gasteiger partial charge in [-0.05, 0) is 75.2 Å². The summed E-state index contributed by atoms with van der Waals surface area (Å²) in [6.45, 7) is 3.11. The van der Waals surface area contributed by atoms with E-state index in [-0.39, 0.29) is 0 Å². The molecule has 0 atom stereocenters. The first-order valence-corrected chi connectivity index (χ1v) is 15.6. The number of benzene rings is 3. The highest BCUT2D eigenvalue weighted by molar-refractivity contribution is 7.89. The number of hydrogen-bond donors (Lipinski definition) is 2. The highest BCUT2D eigenvalue weighted by atomic mass is 32.2. The Bertz CT molecular complexity index is 1550. The molecule has 8 nitrogen and oxygen atoms in total. The van der Waals surface area contributed by atoms with E-state index in [4.69, 9.17) is 9.97 Å². The number of aromatic nitrogens is 2. The molecule has 1 aliphatic carbocycles. The molecule has 0 saturated heterocycles. The summed E-state index contributed by atoms with van der Waals surface area (Å²) >= 11 is 0. The van der Waals surface area contributed by atoms with Gasteiger partial charge < -0.3 is 15.1 Å². The lowest BCUT2D eigenvalue weighted by molar-refractivity contribution is 0.284. The number of likely N-dealkylation sites (N-methyl/N-ethyl adjacent to an activating group) is 2. The molecule has 1 fully saturated rings. The third-order valence-electron chi connectivity index (χ3n) is 7.94. The summed E-state index contributed by atoms with van der Waals surface area (Å²) in [6, 6.07) is 21.2. The maximum absolute atomic E-state index is 13.1. The number of nitrogens with one attached hydrogen (secondary N) is 2. The first-order valence-electron chi connectivity index (χ1n) is 14.1. The zero-order chi connectivity index (χ0) is 28.1. The van der Waals surface area contributed by atoms with Gasteiger partial charge in [0.2, 0.25) is 16.0 Å². The Morgan fingerprint density at radius 1 is 0.775 bits per heavy atom. The van der Waals surface area contributed by atoms with E-state index in [1.54, 1.807) is 12.1 Å². The molecule has 0 amide bonds. The van der Waals surface area contributed by atoms with Crippen molar-refractivity contribution in [2.45, 2.75) is 30.6 Å². The van der Waals surface area contributed by atoms with Gasteiger partial charge in [-0.25, -0.2) is 18.1 Å². The van der Waals surface area contributed by atoms with Gasteiger partial charge in [-0.2, -0.15) is 4.98 Å². The predicted octanol–water partition coefficient (Wildman–Crippen LogP) is 4.98. The van der Waals surface area contributed by atoms with Crippen molar-refractivity contribution in [3.05, 3.63) is 66.7 Å². The van der Waals surface area contributed by atoms with E-state index in [0.717, 1.165) is 72.8 Å². The Morgan fingerprint density at radius 2 is 1.43 bits per heavy atom. The van der Waals surface area contributed by atoms with Crippen molar-refractivity contribution in [3.8, 4) is 0 Å². The minimum absolute atomic E-state index is 0.342. The van der Waals surface area contributed by atoms with Gasteiger partial charge >= 0.3 is 0 Å². The van der Waals surface area contributed by atoms with Gasteiger partial charge in [0.05, 0.1) is 10.4 Å². The molecule has 5 rings (SSSR count). The van der Waals surface area contributed by atoms with Crippen molar-refractivity contribution in [1.82, 2.24) is 19.6 Å². The molecule has 1 aliphatic rings. The Hall–Kier alpha value is -3.27. The van der Waals surface area contributed by atoms with Crippen molar-refractivity contribution in [3.63, 3.8) is 0 Å². The molecule has 40 heavy (non-hydrogen) atoms. The minimum Gasteiger partial charge on any atom is -0.358 e. The molecule has 4 aromatic rings. The van der Waals surface area contributed by atoms with Crippen LogP contribution < -0.4 is 14.9 Å². The van der Waals surface area contributed by atoms with Gasteiger partial charge in [0, 0.05) is 44.0 Å². The fourth-order valence-electron chi connectivity index (χ4n) is 5.50.